The Morgan fingerprint density at radius 1 is 1.13 bits per heavy atom. The molecule has 0 radical (unpaired) electrons. The van der Waals surface area contributed by atoms with Crippen LogP contribution in [0.15, 0.2) is 30.7 Å². The zero-order valence-electron chi connectivity index (χ0n) is 17.7. The molecule has 0 saturated carbocycles. The zero-order chi connectivity index (χ0) is 21.7. The molecule has 9 nitrogen and oxygen atoms in total. The highest BCUT2D eigenvalue weighted by Crippen LogP contribution is 2.28. The normalized spacial score (nSPS) is 10.7. The van der Waals surface area contributed by atoms with Gasteiger partial charge in [0, 0.05) is 30.7 Å². The smallest absolute Gasteiger partial charge is 0.319 e. The minimum Gasteiger partial charge on any atom is -0.352 e. The van der Waals surface area contributed by atoms with Crippen LogP contribution < -0.4 is 21.3 Å². The Hall–Kier alpha value is -3.62. The van der Waals surface area contributed by atoms with Gasteiger partial charge in [0.1, 0.15) is 6.33 Å². The number of urea groups is 1. The van der Waals surface area contributed by atoms with E-state index in [4.69, 9.17) is 0 Å². The lowest BCUT2D eigenvalue weighted by Gasteiger charge is -2.13. The maximum absolute atomic E-state index is 12.5. The van der Waals surface area contributed by atoms with Gasteiger partial charge in [0.15, 0.2) is 5.82 Å². The van der Waals surface area contributed by atoms with E-state index in [1.165, 1.54) is 0 Å². The molecular weight excluding hydrogens is 382 g/mol. The number of rotatable bonds is 7. The largest absolute Gasteiger partial charge is 0.352 e. The van der Waals surface area contributed by atoms with Gasteiger partial charge in [-0.15, -0.1) is 10.2 Å². The number of nitrogens with one attached hydrogen (secondary N) is 4. The molecular formula is C21H27N7O2. The van der Waals surface area contributed by atoms with Gasteiger partial charge >= 0.3 is 6.03 Å². The molecule has 0 fully saturated rings. The molecule has 3 amide bonds. The first-order chi connectivity index (χ1) is 14.4. The molecule has 0 aliphatic carbocycles. The number of anilines is 3. The number of hydrogen-bond acceptors (Lipinski definition) is 5. The highest BCUT2D eigenvalue weighted by Gasteiger charge is 2.18. The summed E-state index contributed by atoms with van der Waals surface area (Å²) < 4.78 is 1.79. The van der Waals surface area contributed by atoms with Crippen molar-refractivity contribution in [1.82, 2.24) is 25.2 Å². The van der Waals surface area contributed by atoms with E-state index < -0.39 is 0 Å². The molecule has 158 valence electrons. The van der Waals surface area contributed by atoms with Crippen molar-refractivity contribution in [3.05, 3.63) is 47.4 Å². The minimum absolute atomic E-state index is 0.117. The number of hydrogen-bond donors (Lipinski definition) is 4. The number of fused-ring (bicyclic) bond motifs is 1. The number of benzene rings is 1. The number of amides is 3. The lowest BCUT2D eigenvalue weighted by Crippen LogP contribution is -2.28. The number of aryl methyl sites for hydroxylation is 2. The van der Waals surface area contributed by atoms with Crippen molar-refractivity contribution >= 4 is 34.6 Å². The Morgan fingerprint density at radius 2 is 1.93 bits per heavy atom. The van der Waals surface area contributed by atoms with Crippen LogP contribution in [0, 0.1) is 13.8 Å². The first-order valence-electron chi connectivity index (χ1n) is 9.98. The van der Waals surface area contributed by atoms with Crippen molar-refractivity contribution in [2.24, 2.45) is 0 Å². The fourth-order valence-electron chi connectivity index (χ4n) is 3.14. The van der Waals surface area contributed by atoms with E-state index in [1.54, 1.807) is 16.9 Å². The third-order valence-corrected chi connectivity index (χ3v) is 4.71. The van der Waals surface area contributed by atoms with Crippen molar-refractivity contribution in [3.8, 4) is 0 Å². The Labute approximate surface area is 175 Å². The standard InChI is InChI=1S/C21H27N7O2/c1-5-9-23-20(29)16-11-28-12-24-27-19(18(28)14(16)4)26-17-10-15(8-7-13(17)3)25-21(30)22-6-2/h7-8,10-12H,5-6,9H2,1-4H3,(H,23,29)(H,26,27)(H2,22,25,30). The van der Waals surface area contributed by atoms with Gasteiger partial charge in [-0.2, -0.15) is 0 Å². The van der Waals surface area contributed by atoms with Gasteiger partial charge in [-0.05, 0) is 50.5 Å². The quantitative estimate of drug-likeness (QED) is 0.478. The first-order valence-corrected chi connectivity index (χ1v) is 9.98. The molecule has 2 aromatic heterocycles. The second kappa shape index (κ2) is 9.25. The van der Waals surface area contributed by atoms with Crippen LogP contribution in [-0.4, -0.2) is 39.6 Å². The molecule has 1 aromatic carbocycles. The number of carbonyl (C=O) groups excluding carboxylic acids is 2. The fourth-order valence-corrected chi connectivity index (χ4v) is 3.14. The summed E-state index contributed by atoms with van der Waals surface area (Å²) >= 11 is 0. The summed E-state index contributed by atoms with van der Waals surface area (Å²) in [6, 6.07) is 5.31. The molecule has 4 N–H and O–H groups in total. The van der Waals surface area contributed by atoms with Crippen LogP contribution >= 0.6 is 0 Å². The van der Waals surface area contributed by atoms with Gasteiger partial charge in [0.25, 0.3) is 5.91 Å². The average Bonchev–Trinajstić information content (AvgIpc) is 3.06. The van der Waals surface area contributed by atoms with Gasteiger partial charge in [-0.3, -0.25) is 4.79 Å². The Bertz CT molecular complexity index is 1070. The third kappa shape index (κ3) is 4.51. The molecule has 0 aliphatic rings. The lowest BCUT2D eigenvalue weighted by atomic mass is 10.1. The highest BCUT2D eigenvalue weighted by atomic mass is 16.2. The Kier molecular flexibility index (Phi) is 6.51. The van der Waals surface area contributed by atoms with Gasteiger partial charge < -0.3 is 25.7 Å². The van der Waals surface area contributed by atoms with Crippen LogP contribution in [-0.2, 0) is 0 Å². The maximum Gasteiger partial charge on any atom is 0.319 e. The SMILES string of the molecule is CCCNC(=O)c1cn2cnnc(Nc3cc(NC(=O)NCC)ccc3C)c2c1C. The average molecular weight is 409 g/mol. The molecule has 30 heavy (non-hydrogen) atoms. The number of carbonyl (C=O) groups is 2. The summed E-state index contributed by atoms with van der Waals surface area (Å²) in [5.74, 6) is 0.413. The van der Waals surface area contributed by atoms with Crippen molar-refractivity contribution in [3.63, 3.8) is 0 Å². The van der Waals surface area contributed by atoms with E-state index in [0.29, 0.717) is 30.2 Å². The summed E-state index contributed by atoms with van der Waals surface area (Å²) in [7, 11) is 0. The molecule has 0 saturated heterocycles. The van der Waals surface area contributed by atoms with Crippen molar-refractivity contribution in [1.29, 1.82) is 0 Å². The third-order valence-electron chi connectivity index (χ3n) is 4.71. The first kappa shape index (κ1) is 21.1. The summed E-state index contributed by atoms with van der Waals surface area (Å²) in [4.78, 5) is 24.3. The van der Waals surface area contributed by atoms with E-state index in [9.17, 15) is 9.59 Å². The minimum atomic E-state index is -0.264. The van der Waals surface area contributed by atoms with Crippen molar-refractivity contribution in [2.45, 2.75) is 34.1 Å². The van der Waals surface area contributed by atoms with Crippen LogP contribution in [0.5, 0.6) is 0 Å². The molecule has 0 bridgehead atoms. The van der Waals surface area contributed by atoms with Gasteiger partial charge in [-0.25, -0.2) is 4.79 Å². The van der Waals surface area contributed by atoms with Gasteiger partial charge in [-0.1, -0.05) is 13.0 Å². The summed E-state index contributed by atoms with van der Waals surface area (Å²) in [5, 5.41) is 20.0. The molecule has 2 heterocycles. The molecule has 0 aliphatic heterocycles. The molecule has 0 unspecified atom stereocenters. The summed E-state index contributed by atoms with van der Waals surface area (Å²) in [5.41, 5.74) is 4.59. The van der Waals surface area contributed by atoms with Gasteiger partial charge in [0.2, 0.25) is 0 Å². The highest BCUT2D eigenvalue weighted by molar-refractivity contribution is 5.99. The molecule has 0 spiro atoms. The Balaban J connectivity index is 1.93. The maximum atomic E-state index is 12.5. The summed E-state index contributed by atoms with van der Waals surface area (Å²) in [6.07, 6.45) is 4.20. The molecule has 0 atom stereocenters. The number of aromatic nitrogens is 3. The number of nitrogens with zero attached hydrogens (tertiary/aromatic N) is 3. The van der Waals surface area contributed by atoms with E-state index in [1.807, 2.05) is 45.9 Å². The van der Waals surface area contributed by atoms with Crippen LogP contribution in [0.3, 0.4) is 0 Å². The monoisotopic (exact) mass is 409 g/mol. The molecule has 3 aromatic rings. The van der Waals surface area contributed by atoms with E-state index in [-0.39, 0.29) is 11.9 Å². The lowest BCUT2D eigenvalue weighted by molar-refractivity contribution is 0.0953. The van der Waals surface area contributed by atoms with Crippen LogP contribution in [0.25, 0.3) is 5.52 Å². The molecule has 9 heteroatoms. The van der Waals surface area contributed by atoms with Crippen LogP contribution in [0.2, 0.25) is 0 Å². The molecule has 3 rings (SSSR count). The summed E-state index contributed by atoms with van der Waals surface area (Å²) in [6.45, 7) is 8.89. The fraction of sp³-hybridized carbons (Fsp3) is 0.333. The topological polar surface area (TPSA) is 112 Å². The van der Waals surface area contributed by atoms with Crippen LogP contribution in [0.4, 0.5) is 22.0 Å². The van der Waals surface area contributed by atoms with Crippen molar-refractivity contribution in [2.75, 3.05) is 23.7 Å². The zero-order valence-corrected chi connectivity index (χ0v) is 17.7. The van der Waals surface area contributed by atoms with E-state index >= 15 is 0 Å². The van der Waals surface area contributed by atoms with E-state index in [0.717, 1.165) is 28.8 Å². The van der Waals surface area contributed by atoms with E-state index in [2.05, 4.69) is 31.5 Å². The second-order valence-corrected chi connectivity index (χ2v) is 7.00. The predicted molar refractivity (Wildman–Crippen MR) is 118 cm³/mol. The second-order valence-electron chi connectivity index (χ2n) is 7.00. The van der Waals surface area contributed by atoms with Crippen LogP contribution in [0.1, 0.15) is 41.8 Å². The van der Waals surface area contributed by atoms with Gasteiger partial charge in [0.05, 0.1) is 11.1 Å². The van der Waals surface area contributed by atoms with Crippen molar-refractivity contribution < 1.29 is 9.59 Å². The predicted octanol–water partition coefficient (Wildman–Crippen LogP) is 3.37. The Morgan fingerprint density at radius 3 is 2.67 bits per heavy atom.